The highest BCUT2D eigenvalue weighted by atomic mass is 127. The third-order valence-corrected chi connectivity index (χ3v) is 2.82. The van der Waals surface area contributed by atoms with E-state index in [-0.39, 0.29) is 6.42 Å². The molecule has 14 heavy (non-hydrogen) atoms. The highest BCUT2D eigenvalue weighted by Crippen LogP contribution is 2.14. The van der Waals surface area contributed by atoms with Crippen LogP contribution in [0.5, 0.6) is 0 Å². The molecule has 0 saturated carbocycles. The molecule has 0 aromatic heterocycles. The van der Waals surface area contributed by atoms with E-state index in [0.717, 1.165) is 10.0 Å². The zero-order valence-electron chi connectivity index (χ0n) is 8.76. The van der Waals surface area contributed by atoms with Crippen LogP contribution in [0.1, 0.15) is 51.9 Å². The summed E-state index contributed by atoms with van der Waals surface area (Å²) >= 11 is 2.11. The Morgan fingerprint density at radius 2 is 1.93 bits per heavy atom. The Balaban J connectivity index is 3.36. The second-order valence-electron chi connectivity index (χ2n) is 3.42. The van der Waals surface area contributed by atoms with Crippen molar-refractivity contribution in [3.63, 3.8) is 0 Å². The predicted octanol–water partition coefficient (Wildman–Crippen LogP) is 4.14. The predicted molar refractivity (Wildman–Crippen MR) is 67.7 cm³/mol. The van der Waals surface area contributed by atoms with Crippen molar-refractivity contribution in [2.75, 3.05) is 0 Å². The van der Waals surface area contributed by atoms with Gasteiger partial charge in [-0.2, -0.15) is 0 Å². The molecule has 0 spiro atoms. The summed E-state index contributed by atoms with van der Waals surface area (Å²) in [6, 6.07) is 0. The summed E-state index contributed by atoms with van der Waals surface area (Å²) in [6.45, 7) is 2.20. The Hall–Kier alpha value is -0.0600. The number of halogens is 1. The van der Waals surface area contributed by atoms with Crippen molar-refractivity contribution in [2.24, 2.45) is 0 Å². The standard InChI is InChI=1S/C11H19IO2/c1-2-3-4-5-6-7-8-10(12)9-11(13)14/h8H,2-7,9H2,1H3,(H,13,14)/b10-8-. The highest BCUT2D eigenvalue weighted by molar-refractivity contribution is 14.1. The maximum Gasteiger partial charge on any atom is 0.308 e. The van der Waals surface area contributed by atoms with Gasteiger partial charge in [-0.15, -0.1) is 0 Å². The lowest BCUT2D eigenvalue weighted by Crippen LogP contribution is -1.92. The third-order valence-electron chi connectivity index (χ3n) is 1.99. The van der Waals surface area contributed by atoms with E-state index in [4.69, 9.17) is 5.11 Å². The van der Waals surface area contributed by atoms with E-state index in [9.17, 15) is 4.79 Å². The Labute approximate surface area is 99.9 Å². The first-order chi connectivity index (χ1) is 6.66. The number of aliphatic carboxylic acids is 1. The molecule has 0 radical (unpaired) electrons. The Kier molecular flexibility index (Phi) is 9.45. The molecule has 0 aliphatic carbocycles. The molecule has 0 aliphatic heterocycles. The van der Waals surface area contributed by atoms with Crippen LogP contribution >= 0.6 is 22.6 Å². The van der Waals surface area contributed by atoms with Crippen molar-refractivity contribution >= 4 is 28.6 Å². The minimum Gasteiger partial charge on any atom is -0.481 e. The SMILES string of the molecule is CCCCCCC/C=C(\I)CC(=O)O. The Morgan fingerprint density at radius 3 is 2.50 bits per heavy atom. The molecular weight excluding hydrogens is 291 g/mol. The molecule has 3 heteroatoms. The number of hydrogen-bond donors (Lipinski definition) is 1. The second kappa shape index (κ2) is 9.49. The van der Waals surface area contributed by atoms with Gasteiger partial charge in [0, 0.05) is 0 Å². The van der Waals surface area contributed by atoms with Gasteiger partial charge in [0.1, 0.15) is 0 Å². The van der Waals surface area contributed by atoms with Gasteiger partial charge in [0.05, 0.1) is 6.42 Å². The molecule has 1 N–H and O–H groups in total. The normalized spacial score (nSPS) is 11.7. The maximum atomic E-state index is 10.3. The highest BCUT2D eigenvalue weighted by Gasteiger charge is 1.98. The van der Waals surface area contributed by atoms with Crippen LogP contribution in [0.2, 0.25) is 0 Å². The van der Waals surface area contributed by atoms with Crippen molar-refractivity contribution in [3.05, 3.63) is 9.66 Å². The molecule has 0 saturated heterocycles. The molecule has 0 rings (SSSR count). The summed E-state index contributed by atoms with van der Waals surface area (Å²) in [5.41, 5.74) is 0. The minimum absolute atomic E-state index is 0.176. The lowest BCUT2D eigenvalue weighted by atomic mass is 10.1. The molecule has 0 aromatic carbocycles. The molecule has 0 unspecified atom stereocenters. The number of carboxylic acids is 1. The molecule has 2 nitrogen and oxygen atoms in total. The first-order valence-corrected chi connectivity index (χ1v) is 6.31. The van der Waals surface area contributed by atoms with Crippen LogP contribution in [-0.4, -0.2) is 11.1 Å². The van der Waals surface area contributed by atoms with Crippen molar-refractivity contribution in [2.45, 2.75) is 51.9 Å². The molecule has 0 bridgehead atoms. The Bertz CT molecular complexity index is 188. The van der Waals surface area contributed by atoms with Crippen molar-refractivity contribution in [1.29, 1.82) is 0 Å². The van der Waals surface area contributed by atoms with E-state index in [2.05, 4.69) is 29.5 Å². The van der Waals surface area contributed by atoms with Gasteiger partial charge in [0.15, 0.2) is 0 Å². The largest absolute Gasteiger partial charge is 0.481 e. The van der Waals surface area contributed by atoms with Gasteiger partial charge >= 0.3 is 5.97 Å². The summed E-state index contributed by atoms with van der Waals surface area (Å²) < 4.78 is 0.950. The average Bonchev–Trinajstić information content (AvgIpc) is 2.10. The summed E-state index contributed by atoms with van der Waals surface area (Å²) in [6.07, 6.45) is 9.58. The summed E-state index contributed by atoms with van der Waals surface area (Å²) in [5, 5.41) is 8.51. The molecule has 0 heterocycles. The van der Waals surface area contributed by atoms with Crippen LogP contribution < -0.4 is 0 Å². The van der Waals surface area contributed by atoms with E-state index in [1.807, 2.05) is 6.08 Å². The first-order valence-electron chi connectivity index (χ1n) is 5.23. The topological polar surface area (TPSA) is 37.3 Å². The van der Waals surface area contributed by atoms with Crippen LogP contribution in [0, 0.1) is 0 Å². The number of allylic oxidation sites excluding steroid dienone is 1. The van der Waals surface area contributed by atoms with Crippen molar-refractivity contribution < 1.29 is 9.90 Å². The smallest absolute Gasteiger partial charge is 0.308 e. The van der Waals surface area contributed by atoms with Gasteiger partial charge in [0.2, 0.25) is 0 Å². The van der Waals surface area contributed by atoms with Crippen LogP contribution in [0.15, 0.2) is 9.66 Å². The van der Waals surface area contributed by atoms with E-state index >= 15 is 0 Å². The second-order valence-corrected chi connectivity index (χ2v) is 4.81. The average molecular weight is 310 g/mol. The van der Waals surface area contributed by atoms with Crippen molar-refractivity contribution in [1.82, 2.24) is 0 Å². The lowest BCUT2D eigenvalue weighted by Gasteiger charge is -1.97. The molecule has 0 aromatic rings. The van der Waals surface area contributed by atoms with Gasteiger partial charge in [0.25, 0.3) is 0 Å². The fourth-order valence-electron chi connectivity index (χ4n) is 1.22. The van der Waals surface area contributed by atoms with Crippen LogP contribution in [0.25, 0.3) is 0 Å². The van der Waals surface area contributed by atoms with E-state index in [1.165, 1.54) is 32.1 Å². The summed E-state index contributed by atoms with van der Waals surface area (Å²) in [4.78, 5) is 10.3. The fraction of sp³-hybridized carbons (Fsp3) is 0.727. The quantitative estimate of drug-likeness (QED) is 0.540. The first kappa shape index (κ1) is 13.9. The third kappa shape index (κ3) is 10.0. The van der Waals surface area contributed by atoms with Gasteiger partial charge in [-0.1, -0.05) is 38.7 Å². The van der Waals surface area contributed by atoms with E-state index in [0.29, 0.717) is 0 Å². The number of carboxylic acid groups (broad SMARTS) is 1. The number of rotatable bonds is 8. The van der Waals surface area contributed by atoms with E-state index < -0.39 is 5.97 Å². The monoisotopic (exact) mass is 310 g/mol. The molecule has 0 fully saturated rings. The summed E-state index contributed by atoms with van der Waals surface area (Å²) in [7, 11) is 0. The van der Waals surface area contributed by atoms with Gasteiger partial charge in [-0.05, 0) is 39.0 Å². The minimum atomic E-state index is -0.739. The van der Waals surface area contributed by atoms with Gasteiger partial charge < -0.3 is 5.11 Å². The fourth-order valence-corrected chi connectivity index (χ4v) is 1.86. The molecule has 0 aliphatic rings. The lowest BCUT2D eigenvalue weighted by molar-refractivity contribution is -0.136. The zero-order valence-corrected chi connectivity index (χ0v) is 10.9. The number of carbonyl (C=O) groups is 1. The number of hydrogen-bond acceptors (Lipinski definition) is 1. The van der Waals surface area contributed by atoms with Crippen LogP contribution in [0.4, 0.5) is 0 Å². The molecule has 0 atom stereocenters. The van der Waals surface area contributed by atoms with E-state index in [1.54, 1.807) is 0 Å². The zero-order chi connectivity index (χ0) is 10.8. The van der Waals surface area contributed by atoms with Crippen LogP contribution in [-0.2, 0) is 4.79 Å². The summed E-state index contributed by atoms with van der Waals surface area (Å²) in [5.74, 6) is -0.739. The van der Waals surface area contributed by atoms with Crippen molar-refractivity contribution in [3.8, 4) is 0 Å². The molecule has 0 amide bonds. The number of unbranched alkanes of at least 4 members (excludes halogenated alkanes) is 5. The van der Waals surface area contributed by atoms with Crippen LogP contribution in [0.3, 0.4) is 0 Å². The molecule has 82 valence electrons. The molecular formula is C11H19IO2. The van der Waals surface area contributed by atoms with Gasteiger partial charge in [-0.25, -0.2) is 0 Å². The Morgan fingerprint density at radius 1 is 1.29 bits per heavy atom. The van der Waals surface area contributed by atoms with Gasteiger partial charge in [-0.3, -0.25) is 4.79 Å². The maximum absolute atomic E-state index is 10.3.